The fourth-order valence-corrected chi connectivity index (χ4v) is 2.19. The summed E-state index contributed by atoms with van der Waals surface area (Å²) in [5.74, 6) is 0. The van der Waals surface area contributed by atoms with Gasteiger partial charge in [0.2, 0.25) is 0 Å². The summed E-state index contributed by atoms with van der Waals surface area (Å²) in [6.07, 6.45) is 4.06. The first kappa shape index (κ1) is 11.0. The molecule has 1 N–H and O–H groups in total. The predicted octanol–water partition coefficient (Wildman–Crippen LogP) is 2.94. The molecule has 0 spiro atoms. The largest absolute Gasteiger partial charge is 0.379 e. The first-order valence-corrected chi connectivity index (χ1v) is 6.49. The molecule has 0 atom stereocenters. The molecule has 0 radical (unpaired) electrons. The summed E-state index contributed by atoms with van der Waals surface area (Å²) in [5, 5.41) is 9.29. The van der Waals surface area contributed by atoms with Crippen LogP contribution in [-0.2, 0) is 6.54 Å². The zero-order valence-corrected chi connectivity index (χ0v) is 10.5. The van der Waals surface area contributed by atoms with Gasteiger partial charge in [-0.1, -0.05) is 10.6 Å². The molecule has 4 nitrogen and oxygen atoms in total. The lowest BCUT2D eigenvalue weighted by Gasteiger charge is -2.07. The minimum atomic E-state index is 0.700. The second kappa shape index (κ2) is 5.01. The smallest absolute Gasteiger partial charge is 0.0946 e. The number of nitrogens with zero attached hydrogens (tertiary/aromatic N) is 3. The van der Waals surface area contributed by atoms with Crippen LogP contribution in [0.25, 0.3) is 5.69 Å². The Kier molecular flexibility index (Phi) is 3.06. The van der Waals surface area contributed by atoms with Crippen molar-refractivity contribution >= 4 is 17.2 Å². The molecule has 5 heteroatoms. The topological polar surface area (TPSA) is 42.7 Å². The molecule has 0 saturated carbocycles. The molecule has 0 aliphatic heterocycles. The molecule has 18 heavy (non-hydrogen) atoms. The van der Waals surface area contributed by atoms with Crippen molar-refractivity contribution < 1.29 is 0 Å². The van der Waals surface area contributed by atoms with Crippen molar-refractivity contribution in [3.8, 4) is 5.69 Å². The van der Waals surface area contributed by atoms with Gasteiger partial charge in [-0.15, -0.1) is 5.10 Å². The van der Waals surface area contributed by atoms with E-state index in [1.54, 1.807) is 0 Å². The molecular weight excluding hydrogens is 244 g/mol. The van der Waals surface area contributed by atoms with Gasteiger partial charge in [0.25, 0.3) is 0 Å². The summed E-state index contributed by atoms with van der Waals surface area (Å²) in [6.45, 7) is 0.700. The fraction of sp³-hybridized carbons (Fsp3) is 0.0769. The van der Waals surface area contributed by atoms with E-state index >= 15 is 0 Å². The third-order valence-corrected chi connectivity index (χ3v) is 3.18. The van der Waals surface area contributed by atoms with Gasteiger partial charge < -0.3 is 9.88 Å². The van der Waals surface area contributed by atoms with Crippen molar-refractivity contribution in [1.82, 2.24) is 14.2 Å². The van der Waals surface area contributed by atoms with E-state index in [0.29, 0.717) is 6.54 Å². The highest BCUT2D eigenvalue weighted by Crippen LogP contribution is 2.15. The third kappa shape index (κ3) is 2.41. The van der Waals surface area contributed by atoms with Gasteiger partial charge in [-0.3, -0.25) is 0 Å². The predicted molar refractivity (Wildman–Crippen MR) is 73.0 cm³/mol. The Hall–Kier alpha value is -2.14. The van der Waals surface area contributed by atoms with E-state index in [1.807, 2.05) is 42.0 Å². The van der Waals surface area contributed by atoms with Crippen LogP contribution in [0.3, 0.4) is 0 Å². The van der Waals surface area contributed by atoms with Crippen LogP contribution < -0.4 is 5.32 Å². The summed E-state index contributed by atoms with van der Waals surface area (Å²) in [6, 6.07) is 12.3. The van der Waals surface area contributed by atoms with E-state index in [2.05, 4.69) is 31.6 Å². The standard InChI is InChI=1S/C13H12N4S/c1-2-7-17(6-1)13-5-3-4-11(8-13)14-9-12-10-18-16-15-12/h1-8,10,14H,9H2. The van der Waals surface area contributed by atoms with Crippen LogP contribution in [0.15, 0.2) is 54.2 Å². The number of anilines is 1. The lowest BCUT2D eigenvalue weighted by atomic mass is 10.2. The Morgan fingerprint density at radius 3 is 2.83 bits per heavy atom. The maximum atomic E-state index is 4.00. The van der Waals surface area contributed by atoms with Gasteiger partial charge in [-0.05, 0) is 41.9 Å². The number of hydrogen-bond acceptors (Lipinski definition) is 4. The van der Waals surface area contributed by atoms with E-state index in [1.165, 1.54) is 11.5 Å². The minimum Gasteiger partial charge on any atom is -0.379 e. The molecule has 2 heterocycles. The highest BCUT2D eigenvalue weighted by Gasteiger charge is 1.99. The number of rotatable bonds is 4. The lowest BCUT2D eigenvalue weighted by Crippen LogP contribution is -2.00. The summed E-state index contributed by atoms with van der Waals surface area (Å²) in [7, 11) is 0. The molecule has 0 amide bonds. The SMILES string of the molecule is c1cc(NCc2csnn2)cc(-n2cccc2)c1. The fourth-order valence-electron chi connectivity index (χ4n) is 1.74. The first-order valence-electron chi connectivity index (χ1n) is 5.65. The van der Waals surface area contributed by atoms with Crippen LogP contribution in [0.2, 0.25) is 0 Å². The average molecular weight is 256 g/mol. The monoisotopic (exact) mass is 256 g/mol. The normalized spacial score (nSPS) is 10.4. The van der Waals surface area contributed by atoms with Gasteiger partial charge in [0, 0.05) is 29.1 Å². The van der Waals surface area contributed by atoms with Gasteiger partial charge in [0.1, 0.15) is 0 Å². The Balaban J connectivity index is 1.75. The molecule has 90 valence electrons. The Morgan fingerprint density at radius 2 is 2.06 bits per heavy atom. The molecule has 0 aliphatic carbocycles. The van der Waals surface area contributed by atoms with Gasteiger partial charge in [0.15, 0.2) is 0 Å². The van der Waals surface area contributed by atoms with Crippen LogP contribution >= 0.6 is 11.5 Å². The quantitative estimate of drug-likeness (QED) is 0.780. The summed E-state index contributed by atoms with van der Waals surface area (Å²) in [5.41, 5.74) is 3.18. The van der Waals surface area contributed by atoms with Crippen LogP contribution in [0.1, 0.15) is 5.69 Å². The van der Waals surface area contributed by atoms with Crippen molar-refractivity contribution in [2.45, 2.75) is 6.54 Å². The van der Waals surface area contributed by atoms with Crippen LogP contribution in [0.5, 0.6) is 0 Å². The summed E-state index contributed by atoms with van der Waals surface area (Å²) >= 11 is 1.37. The molecule has 0 fully saturated rings. The highest BCUT2D eigenvalue weighted by atomic mass is 32.1. The molecule has 2 aromatic heterocycles. The zero-order chi connectivity index (χ0) is 12.2. The number of hydrogen-bond donors (Lipinski definition) is 1. The lowest BCUT2D eigenvalue weighted by molar-refractivity contribution is 0.997. The molecule has 0 saturated heterocycles. The van der Waals surface area contributed by atoms with Gasteiger partial charge in [0.05, 0.1) is 12.2 Å². The van der Waals surface area contributed by atoms with Crippen molar-refractivity contribution in [2.75, 3.05) is 5.32 Å². The van der Waals surface area contributed by atoms with Gasteiger partial charge >= 0.3 is 0 Å². The highest BCUT2D eigenvalue weighted by molar-refractivity contribution is 7.03. The van der Waals surface area contributed by atoms with E-state index < -0.39 is 0 Å². The first-order chi connectivity index (χ1) is 8.92. The van der Waals surface area contributed by atoms with Crippen molar-refractivity contribution in [3.63, 3.8) is 0 Å². The molecular formula is C13H12N4S. The number of nitrogens with one attached hydrogen (secondary N) is 1. The molecule has 1 aromatic carbocycles. The zero-order valence-electron chi connectivity index (χ0n) is 9.65. The number of benzene rings is 1. The van der Waals surface area contributed by atoms with Crippen LogP contribution in [0, 0.1) is 0 Å². The molecule has 0 unspecified atom stereocenters. The molecule has 3 rings (SSSR count). The van der Waals surface area contributed by atoms with Crippen molar-refractivity contribution in [1.29, 1.82) is 0 Å². The maximum absolute atomic E-state index is 4.00. The molecule has 0 aliphatic rings. The molecule has 0 bridgehead atoms. The van der Waals surface area contributed by atoms with E-state index in [4.69, 9.17) is 0 Å². The van der Waals surface area contributed by atoms with E-state index in [-0.39, 0.29) is 0 Å². The Morgan fingerprint density at radius 1 is 1.17 bits per heavy atom. The Bertz CT molecular complexity index is 602. The summed E-state index contributed by atoms with van der Waals surface area (Å²) < 4.78 is 5.92. The van der Waals surface area contributed by atoms with Gasteiger partial charge in [-0.2, -0.15) is 0 Å². The minimum absolute atomic E-state index is 0.700. The second-order valence-corrected chi connectivity index (χ2v) is 4.50. The third-order valence-electron chi connectivity index (χ3n) is 2.63. The molecule has 3 aromatic rings. The van der Waals surface area contributed by atoms with E-state index in [9.17, 15) is 0 Å². The maximum Gasteiger partial charge on any atom is 0.0946 e. The van der Waals surface area contributed by atoms with E-state index in [0.717, 1.165) is 17.1 Å². The van der Waals surface area contributed by atoms with Crippen LogP contribution in [-0.4, -0.2) is 14.2 Å². The average Bonchev–Trinajstić information content (AvgIpc) is 3.10. The Labute approximate surface area is 109 Å². The van der Waals surface area contributed by atoms with Crippen molar-refractivity contribution in [2.24, 2.45) is 0 Å². The van der Waals surface area contributed by atoms with Gasteiger partial charge in [-0.25, -0.2) is 0 Å². The second-order valence-electron chi connectivity index (χ2n) is 3.89. The van der Waals surface area contributed by atoms with Crippen LogP contribution in [0.4, 0.5) is 5.69 Å². The van der Waals surface area contributed by atoms with Crippen molar-refractivity contribution in [3.05, 3.63) is 59.9 Å². The number of aromatic nitrogens is 3. The summed E-state index contributed by atoms with van der Waals surface area (Å²) in [4.78, 5) is 0.